The van der Waals surface area contributed by atoms with Crippen molar-refractivity contribution < 1.29 is 0 Å². The summed E-state index contributed by atoms with van der Waals surface area (Å²) in [6.07, 6.45) is 3.56. The van der Waals surface area contributed by atoms with Gasteiger partial charge in [-0.2, -0.15) is 0 Å². The summed E-state index contributed by atoms with van der Waals surface area (Å²) in [6.45, 7) is 0. The molecular formula is C10H7N3SSe. The molecule has 0 aliphatic heterocycles. The third-order valence-electron chi connectivity index (χ3n) is 2.17. The van der Waals surface area contributed by atoms with Crippen LogP contribution in [0.3, 0.4) is 0 Å². The summed E-state index contributed by atoms with van der Waals surface area (Å²) in [5, 5.41) is 1.17. The number of nitrogens with one attached hydrogen (secondary N) is 1. The molecule has 0 radical (unpaired) electrons. The summed E-state index contributed by atoms with van der Waals surface area (Å²) in [4.78, 5) is 7.32. The van der Waals surface area contributed by atoms with Gasteiger partial charge in [-0.3, -0.25) is 0 Å². The second-order valence-corrected chi connectivity index (χ2v) is 5.56. The van der Waals surface area contributed by atoms with Crippen molar-refractivity contribution in [3.05, 3.63) is 41.3 Å². The van der Waals surface area contributed by atoms with E-state index >= 15 is 0 Å². The van der Waals surface area contributed by atoms with Crippen LogP contribution in [0.15, 0.2) is 36.7 Å². The zero-order valence-corrected chi connectivity index (χ0v) is 10.2. The van der Waals surface area contributed by atoms with Crippen LogP contribution in [-0.2, 0) is 0 Å². The van der Waals surface area contributed by atoms with Crippen LogP contribution in [0.25, 0.3) is 15.6 Å². The van der Waals surface area contributed by atoms with Gasteiger partial charge in [0.05, 0.1) is 0 Å². The van der Waals surface area contributed by atoms with Crippen LogP contribution >= 0.6 is 12.2 Å². The number of H-pyrrole nitrogens is 1. The third kappa shape index (κ3) is 1.40. The number of benzene rings is 1. The summed E-state index contributed by atoms with van der Waals surface area (Å²) in [6, 6.07) is 8.27. The normalized spacial score (nSPS) is 10.9. The number of nitrogens with zero attached hydrogens (tertiary/aromatic N) is 2. The van der Waals surface area contributed by atoms with Crippen molar-refractivity contribution in [1.29, 1.82) is 0 Å². The molecule has 2 aromatic heterocycles. The summed E-state index contributed by atoms with van der Waals surface area (Å²) in [5.74, 6) is 0.844. The number of hydrogen-bond acceptors (Lipinski definition) is 2. The van der Waals surface area contributed by atoms with Crippen molar-refractivity contribution >= 4 is 36.6 Å². The summed E-state index contributed by atoms with van der Waals surface area (Å²) < 4.78 is 4.28. The molecule has 3 rings (SSSR count). The molecule has 0 spiro atoms. The number of hydrogen-bond donors (Lipinski definition) is 1. The molecule has 3 nitrogen and oxygen atoms in total. The Hall–Kier alpha value is -1.16. The van der Waals surface area contributed by atoms with Crippen LogP contribution in [0.1, 0.15) is 0 Å². The molecule has 0 aliphatic carbocycles. The zero-order chi connectivity index (χ0) is 10.3. The molecule has 0 unspecified atom stereocenters. The van der Waals surface area contributed by atoms with E-state index in [2.05, 4.69) is 31.7 Å². The Bertz CT molecular complexity index is 651. The number of aromatic nitrogens is 3. The van der Waals surface area contributed by atoms with Crippen molar-refractivity contribution in [2.45, 2.75) is 0 Å². The van der Waals surface area contributed by atoms with E-state index < -0.39 is 0 Å². The fraction of sp³-hybridized carbons (Fsp3) is 0. The molecule has 3 aromatic rings. The van der Waals surface area contributed by atoms with Crippen LogP contribution < -0.4 is 0 Å². The van der Waals surface area contributed by atoms with E-state index in [0.717, 1.165) is 10.6 Å². The Morgan fingerprint density at radius 1 is 1.33 bits per heavy atom. The quantitative estimate of drug-likeness (QED) is 0.547. The monoisotopic (exact) mass is 281 g/mol. The Balaban J connectivity index is 2.38. The van der Waals surface area contributed by atoms with Crippen LogP contribution in [-0.4, -0.2) is 28.3 Å². The van der Waals surface area contributed by atoms with Gasteiger partial charge in [-0.15, -0.1) is 0 Å². The molecule has 0 aliphatic rings. The number of fused-ring (bicyclic) bond motifs is 1. The maximum absolute atomic E-state index is 5.42. The molecule has 1 aromatic carbocycles. The van der Waals surface area contributed by atoms with Crippen molar-refractivity contribution in [3.8, 4) is 5.95 Å². The van der Waals surface area contributed by atoms with Gasteiger partial charge in [0, 0.05) is 0 Å². The Morgan fingerprint density at radius 2 is 2.20 bits per heavy atom. The summed E-state index contributed by atoms with van der Waals surface area (Å²) in [7, 11) is 0. The SMILES string of the molecule is S=c1c2ccccc2[se]n1-c1ncc[nH]1. The van der Waals surface area contributed by atoms with Gasteiger partial charge in [-0.05, 0) is 0 Å². The van der Waals surface area contributed by atoms with E-state index in [1.165, 1.54) is 9.65 Å². The van der Waals surface area contributed by atoms with Crippen molar-refractivity contribution in [1.82, 2.24) is 13.5 Å². The summed E-state index contributed by atoms with van der Waals surface area (Å²) >= 11 is 5.64. The Kier molecular flexibility index (Phi) is 2.09. The van der Waals surface area contributed by atoms with Gasteiger partial charge >= 0.3 is 97.4 Å². The average molecular weight is 280 g/mol. The fourth-order valence-electron chi connectivity index (χ4n) is 1.48. The Morgan fingerprint density at radius 3 is 2.93 bits per heavy atom. The molecule has 5 heteroatoms. The average Bonchev–Trinajstić information content (AvgIpc) is 2.87. The standard InChI is InChI=1S/C10H7N3SSe/c14-9-7-3-1-2-4-8(7)15-13(9)10-11-5-6-12-10/h1-6H,(H,11,12). The fourth-order valence-corrected chi connectivity index (χ4v) is 4.11. The van der Waals surface area contributed by atoms with Crippen LogP contribution in [0.2, 0.25) is 0 Å². The Labute approximate surface area is 97.4 Å². The minimum absolute atomic E-state index is 0.214. The topological polar surface area (TPSA) is 33.6 Å². The first-order valence-corrected chi connectivity index (χ1v) is 6.50. The van der Waals surface area contributed by atoms with E-state index in [0.29, 0.717) is 0 Å². The number of rotatable bonds is 1. The molecule has 0 saturated carbocycles. The first-order chi connectivity index (χ1) is 7.36. The van der Waals surface area contributed by atoms with E-state index in [9.17, 15) is 0 Å². The maximum atomic E-state index is 5.42. The van der Waals surface area contributed by atoms with Gasteiger partial charge in [0.2, 0.25) is 0 Å². The molecule has 2 heterocycles. The van der Waals surface area contributed by atoms with Crippen molar-refractivity contribution in [2.24, 2.45) is 0 Å². The molecule has 74 valence electrons. The first-order valence-electron chi connectivity index (χ1n) is 4.47. The molecule has 1 N–H and O–H groups in total. The first kappa shape index (κ1) is 9.09. The predicted octanol–water partition coefficient (Wildman–Crippen LogP) is 2.14. The molecule has 0 atom stereocenters. The molecule has 0 saturated heterocycles. The molecule has 0 amide bonds. The van der Waals surface area contributed by atoms with E-state index in [-0.39, 0.29) is 14.7 Å². The molecular weight excluding hydrogens is 273 g/mol. The van der Waals surface area contributed by atoms with Gasteiger partial charge < -0.3 is 0 Å². The molecule has 0 fully saturated rings. The zero-order valence-electron chi connectivity index (χ0n) is 7.68. The second kappa shape index (κ2) is 3.45. The molecule has 0 bridgehead atoms. The van der Waals surface area contributed by atoms with Gasteiger partial charge in [0.1, 0.15) is 0 Å². The second-order valence-electron chi connectivity index (χ2n) is 3.10. The van der Waals surface area contributed by atoms with Gasteiger partial charge in [0.25, 0.3) is 0 Å². The van der Waals surface area contributed by atoms with Gasteiger partial charge in [-0.1, -0.05) is 0 Å². The van der Waals surface area contributed by atoms with Crippen LogP contribution in [0.5, 0.6) is 0 Å². The third-order valence-corrected chi connectivity index (χ3v) is 5.12. The van der Waals surface area contributed by atoms with Crippen LogP contribution in [0.4, 0.5) is 0 Å². The van der Waals surface area contributed by atoms with Gasteiger partial charge in [0.15, 0.2) is 0 Å². The predicted molar refractivity (Wildman–Crippen MR) is 63.2 cm³/mol. The van der Waals surface area contributed by atoms with Crippen LogP contribution in [0, 0.1) is 4.64 Å². The van der Waals surface area contributed by atoms with E-state index in [1.54, 1.807) is 6.20 Å². The van der Waals surface area contributed by atoms with Crippen molar-refractivity contribution in [2.75, 3.05) is 0 Å². The van der Waals surface area contributed by atoms with E-state index in [4.69, 9.17) is 12.2 Å². The summed E-state index contributed by atoms with van der Waals surface area (Å²) in [5.41, 5.74) is 0. The van der Waals surface area contributed by atoms with E-state index in [1.807, 2.05) is 12.3 Å². The minimum atomic E-state index is 0.214. The van der Waals surface area contributed by atoms with Gasteiger partial charge in [-0.25, -0.2) is 0 Å². The number of imidazole rings is 1. The van der Waals surface area contributed by atoms with Crippen molar-refractivity contribution in [3.63, 3.8) is 0 Å². The molecule has 15 heavy (non-hydrogen) atoms. The number of aromatic amines is 1.